The molecular formula is C9H10N4O. The fourth-order valence-electron chi connectivity index (χ4n) is 1.17. The lowest BCUT2D eigenvalue weighted by molar-refractivity contribution is 0.327. The largest absolute Gasteiger partial charge is 0.477 e. The van der Waals surface area contributed by atoms with Crippen LogP contribution in [0.25, 0.3) is 11.0 Å². The van der Waals surface area contributed by atoms with Crippen molar-refractivity contribution in [3.63, 3.8) is 0 Å². The number of fused-ring (bicyclic) bond motifs is 1. The molecule has 72 valence electrons. The minimum absolute atomic E-state index is 0.387. The van der Waals surface area contributed by atoms with Gasteiger partial charge in [0.25, 0.3) is 0 Å². The molecule has 0 amide bonds. The van der Waals surface area contributed by atoms with E-state index in [2.05, 4.69) is 15.0 Å². The van der Waals surface area contributed by atoms with Crippen molar-refractivity contribution in [2.45, 2.75) is 6.92 Å². The Kier molecular flexibility index (Phi) is 2.14. The van der Waals surface area contributed by atoms with E-state index in [1.807, 2.05) is 6.92 Å². The zero-order valence-corrected chi connectivity index (χ0v) is 7.77. The molecule has 0 aliphatic heterocycles. The van der Waals surface area contributed by atoms with Crippen LogP contribution < -0.4 is 10.5 Å². The molecule has 0 aliphatic rings. The summed E-state index contributed by atoms with van der Waals surface area (Å²) < 4.78 is 5.22. The Morgan fingerprint density at radius 1 is 1.43 bits per heavy atom. The number of pyridine rings is 1. The molecular weight excluding hydrogens is 180 g/mol. The first kappa shape index (κ1) is 8.68. The SMILES string of the molecule is CCOc1cnc2c(N)nccc2n1. The van der Waals surface area contributed by atoms with Gasteiger partial charge in [-0.3, -0.25) is 0 Å². The van der Waals surface area contributed by atoms with E-state index < -0.39 is 0 Å². The summed E-state index contributed by atoms with van der Waals surface area (Å²) in [5.74, 6) is 0.892. The lowest BCUT2D eigenvalue weighted by atomic mass is 10.3. The van der Waals surface area contributed by atoms with Crippen molar-refractivity contribution in [2.75, 3.05) is 12.3 Å². The van der Waals surface area contributed by atoms with Gasteiger partial charge in [0.15, 0.2) is 5.82 Å². The summed E-state index contributed by atoms with van der Waals surface area (Å²) in [7, 11) is 0. The summed E-state index contributed by atoms with van der Waals surface area (Å²) in [6, 6.07) is 1.75. The highest BCUT2D eigenvalue weighted by Crippen LogP contribution is 2.16. The smallest absolute Gasteiger partial charge is 0.232 e. The van der Waals surface area contributed by atoms with E-state index in [4.69, 9.17) is 10.5 Å². The van der Waals surface area contributed by atoms with Crippen molar-refractivity contribution < 1.29 is 4.74 Å². The molecule has 0 saturated carbocycles. The first-order chi connectivity index (χ1) is 6.81. The summed E-state index contributed by atoms with van der Waals surface area (Å²) >= 11 is 0. The van der Waals surface area contributed by atoms with E-state index in [1.165, 1.54) is 0 Å². The van der Waals surface area contributed by atoms with Gasteiger partial charge in [-0.25, -0.2) is 15.0 Å². The second-order valence-electron chi connectivity index (χ2n) is 2.71. The number of nitrogens with zero attached hydrogens (tertiary/aromatic N) is 3. The quantitative estimate of drug-likeness (QED) is 0.764. The second-order valence-corrected chi connectivity index (χ2v) is 2.71. The van der Waals surface area contributed by atoms with Crippen LogP contribution in [-0.4, -0.2) is 21.6 Å². The molecule has 2 rings (SSSR count). The molecule has 2 N–H and O–H groups in total. The van der Waals surface area contributed by atoms with Crippen molar-refractivity contribution in [3.8, 4) is 5.88 Å². The van der Waals surface area contributed by atoms with Gasteiger partial charge < -0.3 is 10.5 Å². The Morgan fingerprint density at radius 2 is 2.29 bits per heavy atom. The van der Waals surface area contributed by atoms with Crippen molar-refractivity contribution >= 4 is 16.9 Å². The lowest BCUT2D eigenvalue weighted by Gasteiger charge is -2.03. The zero-order valence-electron chi connectivity index (χ0n) is 7.77. The van der Waals surface area contributed by atoms with Crippen LogP contribution in [0, 0.1) is 0 Å². The maximum Gasteiger partial charge on any atom is 0.232 e. The Balaban J connectivity index is 2.56. The lowest BCUT2D eigenvalue weighted by Crippen LogP contribution is -1.98. The molecule has 14 heavy (non-hydrogen) atoms. The zero-order chi connectivity index (χ0) is 9.97. The number of hydrogen-bond acceptors (Lipinski definition) is 5. The van der Waals surface area contributed by atoms with E-state index in [0.29, 0.717) is 29.3 Å². The Bertz CT molecular complexity index is 458. The number of ether oxygens (including phenoxy) is 1. The van der Waals surface area contributed by atoms with Gasteiger partial charge in [-0.15, -0.1) is 0 Å². The predicted octanol–water partition coefficient (Wildman–Crippen LogP) is 1.01. The van der Waals surface area contributed by atoms with E-state index in [-0.39, 0.29) is 0 Å². The molecule has 0 atom stereocenters. The van der Waals surface area contributed by atoms with Crippen molar-refractivity contribution in [3.05, 3.63) is 18.5 Å². The highest BCUT2D eigenvalue weighted by atomic mass is 16.5. The van der Waals surface area contributed by atoms with E-state index in [1.54, 1.807) is 18.5 Å². The van der Waals surface area contributed by atoms with Crippen LogP contribution in [0.1, 0.15) is 6.92 Å². The molecule has 2 aromatic heterocycles. The number of rotatable bonds is 2. The van der Waals surface area contributed by atoms with Gasteiger partial charge in [-0.05, 0) is 13.0 Å². The van der Waals surface area contributed by atoms with Crippen LogP contribution in [0.15, 0.2) is 18.5 Å². The third kappa shape index (κ3) is 1.44. The van der Waals surface area contributed by atoms with E-state index in [0.717, 1.165) is 0 Å². The second kappa shape index (κ2) is 3.45. The van der Waals surface area contributed by atoms with Crippen LogP contribution in [-0.2, 0) is 0 Å². The summed E-state index contributed by atoms with van der Waals surface area (Å²) in [5.41, 5.74) is 6.93. The molecule has 0 fully saturated rings. The molecule has 0 bridgehead atoms. The highest BCUT2D eigenvalue weighted by Gasteiger charge is 2.02. The number of nitrogen functional groups attached to an aromatic ring is 1. The molecule has 0 aromatic carbocycles. The summed E-state index contributed by atoms with van der Waals surface area (Å²) in [4.78, 5) is 12.3. The normalized spacial score (nSPS) is 10.4. The minimum atomic E-state index is 0.387. The van der Waals surface area contributed by atoms with Crippen LogP contribution in [0.4, 0.5) is 5.82 Å². The Labute approximate surface area is 81.0 Å². The van der Waals surface area contributed by atoms with Crippen LogP contribution in [0.2, 0.25) is 0 Å². The highest BCUT2D eigenvalue weighted by molar-refractivity contribution is 5.83. The standard InChI is InChI=1S/C9H10N4O/c1-2-14-7-5-12-8-6(13-7)3-4-11-9(8)10/h3-5H,2H2,1H3,(H2,10,11). The Morgan fingerprint density at radius 3 is 3.07 bits per heavy atom. The third-order valence-corrected chi connectivity index (χ3v) is 1.76. The average molecular weight is 190 g/mol. The van der Waals surface area contributed by atoms with Crippen LogP contribution in [0.5, 0.6) is 5.88 Å². The molecule has 2 heterocycles. The molecule has 0 radical (unpaired) electrons. The maximum absolute atomic E-state index is 5.63. The van der Waals surface area contributed by atoms with Gasteiger partial charge >= 0.3 is 0 Å². The number of anilines is 1. The average Bonchev–Trinajstić information content (AvgIpc) is 2.18. The predicted molar refractivity (Wildman–Crippen MR) is 52.9 cm³/mol. The minimum Gasteiger partial charge on any atom is -0.477 e. The van der Waals surface area contributed by atoms with Crippen molar-refractivity contribution in [2.24, 2.45) is 0 Å². The molecule has 0 unspecified atom stereocenters. The topological polar surface area (TPSA) is 73.9 Å². The fraction of sp³-hybridized carbons (Fsp3) is 0.222. The van der Waals surface area contributed by atoms with E-state index >= 15 is 0 Å². The van der Waals surface area contributed by atoms with Crippen molar-refractivity contribution in [1.82, 2.24) is 15.0 Å². The molecule has 0 aliphatic carbocycles. The number of hydrogen-bond donors (Lipinski definition) is 1. The van der Waals surface area contributed by atoms with Crippen LogP contribution in [0.3, 0.4) is 0 Å². The maximum atomic E-state index is 5.63. The number of aromatic nitrogens is 3. The van der Waals surface area contributed by atoms with Gasteiger partial charge in [0, 0.05) is 6.20 Å². The molecule has 5 heteroatoms. The third-order valence-electron chi connectivity index (χ3n) is 1.76. The summed E-state index contributed by atoms with van der Waals surface area (Å²) in [5, 5.41) is 0. The van der Waals surface area contributed by atoms with Gasteiger partial charge in [0.05, 0.1) is 18.3 Å². The Hall–Kier alpha value is -1.91. The van der Waals surface area contributed by atoms with Gasteiger partial charge in [0.1, 0.15) is 5.52 Å². The molecule has 5 nitrogen and oxygen atoms in total. The fourth-order valence-corrected chi connectivity index (χ4v) is 1.17. The number of nitrogens with two attached hydrogens (primary N) is 1. The first-order valence-corrected chi connectivity index (χ1v) is 4.31. The first-order valence-electron chi connectivity index (χ1n) is 4.31. The van der Waals surface area contributed by atoms with Gasteiger partial charge in [-0.2, -0.15) is 0 Å². The summed E-state index contributed by atoms with van der Waals surface area (Å²) in [6.45, 7) is 2.47. The summed E-state index contributed by atoms with van der Waals surface area (Å²) in [6.07, 6.45) is 3.14. The van der Waals surface area contributed by atoms with E-state index in [9.17, 15) is 0 Å². The molecule has 0 saturated heterocycles. The van der Waals surface area contributed by atoms with Gasteiger partial charge in [0.2, 0.25) is 5.88 Å². The molecule has 2 aromatic rings. The molecule has 0 spiro atoms. The van der Waals surface area contributed by atoms with Gasteiger partial charge in [-0.1, -0.05) is 0 Å². The monoisotopic (exact) mass is 190 g/mol. The van der Waals surface area contributed by atoms with Crippen LogP contribution >= 0.6 is 0 Å². The van der Waals surface area contributed by atoms with Crippen molar-refractivity contribution in [1.29, 1.82) is 0 Å².